The van der Waals surface area contributed by atoms with Crippen LogP contribution in [0.2, 0.25) is 0 Å². The van der Waals surface area contributed by atoms with Crippen LogP contribution in [-0.2, 0) is 6.42 Å². The number of hydrogen-bond acceptors (Lipinski definition) is 7. The Kier molecular flexibility index (Phi) is 3.63. The van der Waals surface area contributed by atoms with Crippen molar-refractivity contribution >= 4 is 0 Å². The number of hydrogen-bond donors (Lipinski definition) is 2. The highest BCUT2D eigenvalue weighted by Gasteiger charge is 2.31. The lowest BCUT2D eigenvalue weighted by Crippen LogP contribution is -2.19. The third kappa shape index (κ3) is 2.43. The molecule has 0 radical (unpaired) electrons. The fourth-order valence-electron chi connectivity index (χ4n) is 3.27. The van der Waals surface area contributed by atoms with E-state index in [1.807, 2.05) is 0 Å². The zero-order valence-corrected chi connectivity index (χ0v) is 13.9. The molecule has 4 rings (SSSR count). The third-order valence-corrected chi connectivity index (χ3v) is 4.54. The zero-order chi connectivity index (χ0) is 17.6. The van der Waals surface area contributed by atoms with Crippen molar-refractivity contribution in [3.63, 3.8) is 0 Å². The summed E-state index contributed by atoms with van der Waals surface area (Å²) >= 11 is 0. The van der Waals surface area contributed by atoms with Gasteiger partial charge in [0, 0.05) is 17.5 Å². The molecule has 7 heteroatoms. The van der Waals surface area contributed by atoms with Crippen molar-refractivity contribution in [2.75, 3.05) is 27.6 Å². The van der Waals surface area contributed by atoms with Crippen molar-refractivity contribution < 1.29 is 33.9 Å². The number of phenols is 2. The van der Waals surface area contributed by atoms with Crippen molar-refractivity contribution in [1.82, 2.24) is 0 Å². The highest BCUT2D eigenvalue weighted by molar-refractivity contribution is 5.64. The summed E-state index contributed by atoms with van der Waals surface area (Å²) in [4.78, 5) is 0. The second-order valence-corrected chi connectivity index (χ2v) is 5.93. The molecule has 1 atom stereocenters. The van der Waals surface area contributed by atoms with E-state index in [4.69, 9.17) is 23.7 Å². The first-order chi connectivity index (χ1) is 12.1. The predicted molar refractivity (Wildman–Crippen MR) is 87.4 cm³/mol. The summed E-state index contributed by atoms with van der Waals surface area (Å²) in [6.45, 7) is 0.401. The third-order valence-electron chi connectivity index (χ3n) is 4.54. The fourth-order valence-corrected chi connectivity index (χ4v) is 3.27. The van der Waals surface area contributed by atoms with Crippen LogP contribution < -0.4 is 23.7 Å². The van der Waals surface area contributed by atoms with E-state index in [0.717, 1.165) is 5.56 Å². The van der Waals surface area contributed by atoms with Gasteiger partial charge in [0.15, 0.2) is 23.0 Å². The van der Waals surface area contributed by atoms with E-state index in [-0.39, 0.29) is 24.2 Å². The van der Waals surface area contributed by atoms with Gasteiger partial charge in [0.25, 0.3) is 0 Å². The molecule has 132 valence electrons. The first-order valence-electron chi connectivity index (χ1n) is 7.84. The Balaban J connectivity index is 1.73. The monoisotopic (exact) mass is 346 g/mol. The standard InChI is InChI=1S/C18H18O7/c1-21-14-4-9-3-10(7-23-13(9)6-12(14)19)11-5-15(22-2)17-18(16(11)20)25-8-24-17/h4-6,10,19-20H,3,7-8H2,1-2H3. The smallest absolute Gasteiger partial charge is 0.231 e. The van der Waals surface area contributed by atoms with Crippen LogP contribution in [0.25, 0.3) is 0 Å². The van der Waals surface area contributed by atoms with Crippen LogP contribution in [0, 0.1) is 0 Å². The number of phenolic OH excluding ortho intramolecular Hbond substituents is 2. The summed E-state index contributed by atoms with van der Waals surface area (Å²) in [6, 6.07) is 5.04. The summed E-state index contributed by atoms with van der Waals surface area (Å²) in [5, 5.41) is 20.5. The predicted octanol–water partition coefficient (Wildman–Crippen LogP) is 2.56. The highest BCUT2D eigenvalue weighted by Crippen LogP contribution is 2.52. The normalized spacial score (nSPS) is 17.6. The maximum Gasteiger partial charge on any atom is 0.231 e. The molecule has 2 aliphatic heterocycles. The molecule has 2 aliphatic rings. The van der Waals surface area contributed by atoms with Gasteiger partial charge in [-0.15, -0.1) is 0 Å². The molecule has 1 unspecified atom stereocenters. The van der Waals surface area contributed by atoms with Gasteiger partial charge >= 0.3 is 0 Å². The van der Waals surface area contributed by atoms with Crippen molar-refractivity contribution in [2.45, 2.75) is 12.3 Å². The number of fused-ring (bicyclic) bond motifs is 2. The van der Waals surface area contributed by atoms with Gasteiger partial charge in [0.05, 0.1) is 20.8 Å². The minimum atomic E-state index is -0.106. The number of rotatable bonds is 3. The lowest BCUT2D eigenvalue weighted by atomic mass is 9.89. The highest BCUT2D eigenvalue weighted by atomic mass is 16.7. The van der Waals surface area contributed by atoms with Crippen LogP contribution in [0.3, 0.4) is 0 Å². The van der Waals surface area contributed by atoms with E-state index >= 15 is 0 Å². The van der Waals surface area contributed by atoms with Crippen molar-refractivity contribution in [3.05, 3.63) is 29.3 Å². The Labute approximate surface area is 144 Å². The summed E-state index contributed by atoms with van der Waals surface area (Å²) in [7, 11) is 3.04. The Bertz CT molecular complexity index is 831. The van der Waals surface area contributed by atoms with Crippen molar-refractivity contribution in [3.8, 4) is 40.2 Å². The van der Waals surface area contributed by atoms with Crippen molar-refractivity contribution in [2.24, 2.45) is 0 Å². The van der Waals surface area contributed by atoms with Gasteiger partial charge < -0.3 is 33.9 Å². The molecule has 0 aromatic heterocycles. The fraction of sp³-hybridized carbons (Fsp3) is 0.333. The molecule has 2 heterocycles. The van der Waals surface area contributed by atoms with E-state index in [2.05, 4.69) is 0 Å². The minimum absolute atomic E-state index is 0.0345. The number of methoxy groups -OCH3 is 2. The summed E-state index contributed by atoms with van der Waals surface area (Å²) in [5.41, 5.74) is 1.56. The van der Waals surface area contributed by atoms with Gasteiger partial charge in [-0.2, -0.15) is 0 Å². The lowest BCUT2D eigenvalue weighted by molar-refractivity contribution is 0.168. The average Bonchev–Trinajstić information content (AvgIpc) is 3.12. The van der Waals surface area contributed by atoms with Crippen LogP contribution in [0.4, 0.5) is 0 Å². The van der Waals surface area contributed by atoms with Crippen molar-refractivity contribution in [1.29, 1.82) is 0 Å². The number of benzene rings is 2. The van der Waals surface area contributed by atoms with Crippen LogP contribution >= 0.6 is 0 Å². The SMILES string of the molecule is COc1cc2c(cc1O)OCC(c1cc(OC)c3c(c1O)OCO3)C2. The Morgan fingerprint density at radius 1 is 0.960 bits per heavy atom. The number of ether oxygens (including phenoxy) is 5. The molecule has 0 fully saturated rings. The maximum absolute atomic E-state index is 10.6. The van der Waals surface area contributed by atoms with Gasteiger partial charge in [0.1, 0.15) is 5.75 Å². The van der Waals surface area contributed by atoms with Gasteiger partial charge in [-0.05, 0) is 24.1 Å². The minimum Gasteiger partial charge on any atom is -0.504 e. The zero-order valence-electron chi connectivity index (χ0n) is 13.9. The van der Waals surface area contributed by atoms with Gasteiger partial charge in [-0.25, -0.2) is 0 Å². The van der Waals surface area contributed by atoms with Crippen LogP contribution in [0.15, 0.2) is 18.2 Å². The van der Waals surface area contributed by atoms with Crippen LogP contribution in [0.1, 0.15) is 17.0 Å². The largest absolute Gasteiger partial charge is 0.504 e. The Morgan fingerprint density at radius 3 is 2.48 bits per heavy atom. The molecule has 0 amide bonds. The molecule has 7 nitrogen and oxygen atoms in total. The molecule has 2 aromatic carbocycles. The molecule has 0 spiro atoms. The molecule has 0 aliphatic carbocycles. The molecule has 25 heavy (non-hydrogen) atoms. The first-order valence-corrected chi connectivity index (χ1v) is 7.84. The van der Waals surface area contributed by atoms with E-state index in [9.17, 15) is 10.2 Å². The van der Waals surface area contributed by atoms with Gasteiger partial charge in [0.2, 0.25) is 18.3 Å². The van der Waals surface area contributed by atoms with Gasteiger partial charge in [-0.3, -0.25) is 0 Å². The molecule has 2 N–H and O–H groups in total. The number of aromatic hydroxyl groups is 2. The average molecular weight is 346 g/mol. The first kappa shape index (κ1) is 15.6. The van der Waals surface area contributed by atoms with E-state index in [0.29, 0.717) is 47.3 Å². The quantitative estimate of drug-likeness (QED) is 0.883. The lowest BCUT2D eigenvalue weighted by Gasteiger charge is -2.27. The molecular weight excluding hydrogens is 328 g/mol. The van der Waals surface area contributed by atoms with Gasteiger partial charge in [-0.1, -0.05) is 0 Å². The Morgan fingerprint density at radius 2 is 1.72 bits per heavy atom. The van der Waals surface area contributed by atoms with Crippen LogP contribution in [-0.4, -0.2) is 37.8 Å². The molecule has 2 aromatic rings. The van der Waals surface area contributed by atoms with E-state index < -0.39 is 0 Å². The summed E-state index contributed by atoms with van der Waals surface area (Å²) in [5.74, 6) is 2.18. The second-order valence-electron chi connectivity index (χ2n) is 5.93. The summed E-state index contributed by atoms with van der Waals surface area (Å²) < 4.78 is 27.0. The molecule has 0 bridgehead atoms. The Hall–Kier alpha value is -2.96. The van der Waals surface area contributed by atoms with E-state index in [1.54, 1.807) is 25.3 Å². The molecule has 0 saturated carbocycles. The van der Waals surface area contributed by atoms with E-state index in [1.165, 1.54) is 7.11 Å². The topological polar surface area (TPSA) is 86.6 Å². The molecular formula is C18H18O7. The van der Waals surface area contributed by atoms with Crippen LogP contribution in [0.5, 0.6) is 40.2 Å². The maximum atomic E-state index is 10.6. The summed E-state index contributed by atoms with van der Waals surface area (Å²) in [6.07, 6.45) is 0.613. The second kappa shape index (κ2) is 5.84. The molecule has 0 saturated heterocycles.